The predicted octanol–water partition coefficient (Wildman–Crippen LogP) is 3.85. The molecule has 0 unspecified atom stereocenters. The lowest BCUT2D eigenvalue weighted by atomic mass is 9.82. The molecule has 6 heteroatoms. The predicted molar refractivity (Wildman–Crippen MR) is 84.8 cm³/mol. The smallest absolute Gasteiger partial charge is 0.246 e. The first-order valence-electron chi connectivity index (χ1n) is 7.03. The van der Waals surface area contributed by atoms with Crippen molar-refractivity contribution in [3.8, 4) is 0 Å². The number of nitrogens with two attached hydrogens (primary N) is 1. The molecule has 0 bridgehead atoms. The van der Waals surface area contributed by atoms with Crippen LogP contribution in [0.5, 0.6) is 0 Å². The van der Waals surface area contributed by atoms with Gasteiger partial charge in [0.05, 0.1) is 5.54 Å². The van der Waals surface area contributed by atoms with Gasteiger partial charge in [0.1, 0.15) is 0 Å². The van der Waals surface area contributed by atoms with E-state index >= 15 is 0 Å². The third-order valence-electron chi connectivity index (χ3n) is 3.95. The van der Waals surface area contributed by atoms with Crippen molar-refractivity contribution in [1.82, 2.24) is 10.1 Å². The van der Waals surface area contributed by atoms with Crippen molar-refractivity contribution in [2.75, 3.05) is 0 Å². The summed E-state index contributed by atoms with van der Waals surface area (Å²) in [6, 6.07) is 7.69. The molecular weight excluding hydrogens is 309 g/mol. The summed E-state index contributed by atoms with van der Waals surface area (Å²) >= 11 is 6.15. The van der Waals surface area contributed by atoms with Crippen LogP contribution in [-0.2, 0) is 12.0 Å². The summed E-state index contributed by atoms with van der Waals surface area (Å²) in [6.07, 6.45) is 5.89. The lowest BCUT2D eigenvalue weighted by Crippen LogP contribution is -2.39. The molecule has 3 rings (SSSR count). The Balaban J connectivity index is 0.00000161. The van der Waals surface area contributed by atoms with E-state index in [0.717, 1.165) is 36.3 Å². The Kier molecular flexibility index (Phi) is 5.25. The van der Waals surface area contributed by atoms with Crippen molar-refractivity contribution < 1.29 is 4.52 Å². The van der Waals surface area contributed by atoms with Gasteiger partial charge in [0.15, 0.2) is 5.82 Å². The van der Waals surface area contributed by atoms with E-state index in [1.54, 1.807) is 0 Å². The number of halogens is 2. The molecule has 1 aliphatic rings. The minimum atomic E-state index is -0.440. The van der Waals surface area contributed by atoms with E-state index in [-0.39, 0.29) is 12.4 Å². The van der Waals surface area contributed by atoms with E-state index in [1.807, 2.05) is 24.3 Å². The second-order valence-electron chi connectivity index (χ2n) is 5.50. The van der Waals surface area contributed by atoms with E-state index in [1.165, 1.54) is 6.42 Å². The lowest BCUT2D eigenvalue weighted by molar-refractivity contribution is 0.219. The molecule has 0 radical (unpaired) electrons. The maximum Gasteiger partial charge on any atom is 0.246 e. The fourth-order valence-electron chi connectivity index (χ4n) is 2.74. The molecule has 2 N–H and O–H groups in total. The molecule has 0 amide bonds. The van der Waals surface area contributed by atoms with Gasteiger partial charge in [0, 0.05) is 11.4 Å². The SMILES string of the molecule is Cl.NC1(c2nc(Cc3ccccc3Cl)no2)CCCCC1. The van der Waals surface area contributed by atoms with E-state index < -0.39 is 5.54 Å². The van der Waals surface area contributed by atoms with Gasteiger partial charge < -0.3 is 10.3 Å². The fraction of sp³-hybridized carbons (Fsp3) is 0.467. The molecule has 0 aliphatic heterocycles. The van der Waals surface area contributed by atoms with E-state index in [0.29, 0.717) is 18.1 Å². The summed E-state index contributed by atoms with van der Waals surface area (Å²) in [7, 11) is 0. The summed E-state index contributed by atoms with van der Waals surface area (Å²) in [5.74, 6) is 1.21. The molecule has 0 saturated heterocycles. The number of hydrogen-bond acceptors (Lipinski definition) is 4. The molecule has 1 fully saturated rings. The van der Waals surface area contributed by atoms with Crippen LogP contribution in [0.4, 0.5) is 0 Å². The largest absolute Gasteiger partial charge is 0.337 e. The molecule has 21 heavy (non-hydrogen) atoms. The molecule has 1 aromatic heterocycles. The molecular formula is C15H19Cl2N3O. The normalized spacial score (nSPS) is 17.2. The van der Waals surface area contributed by atoms with Gasteiger partial charge in [-0.05, 0) is 24.5 Å². The molecule has 1 aromatic carbocycles. The van der Waals surface area contributed by atoms with Crippen molar-refractivity contribution in [2.24, 2.45) is 5.73 Å². The van der Waals surface area contributed by atoms with E-state index in [4.69, 9.17) is 21.9 Å². The molecule has 4 nitrogen and oxygen atoms in total. The average Bonchev–Trinajstić information content (AvgIpc) is 2.92. The second kappa shape index (κ2) is 6.77. The van der Waals surface area contributed by atoms with Crippen LogP contribution < -0.4 is 5.73 Å². The molecule has 0 atom stereocenters. The van der Waals surface area contributed by atoms with Crippen molar-refractivity contribution in [2.45, 2.75) is 44.1 Å². The zero-order valence-electron chi connectivity index (χ0n) is 11.7. The van der Waals surface area contributed by atoms with Crippen LogP contribution in [0.3, 0.4) is 0 Å². The van der Waals surface area contributed by atoms with Crippen LogP contribution in [0.1, 0.15) is 49.4 Å². The standard InChI is InChI=1S/C15H18ClN3O.ClH/c16-12-7-3-2-6-11(12)10-13-18-14(20-19-13)15(17)8-4-1-5-9-15;/h2-3,6-7H,1,4-5,8-10,17H2;1H. The lowest BCUT2D eigenvalue weighted by Gasteiger charge is -2.29. The van der Waals surface area contributed by atoms with Crippen molar-refractivity contribution in [3.63, 3.8) is 0 Å². The number of benzene rings is 1. The van der Waals surface area contributed by atoms with Crippen LogP contribution >= 0.6 is 24.0 Å². The topological polar surface area (TPSA) is 64.9 Å². The Morgan fingerprint density at radius 1 is 1.19 bits per heavy atom. The highest BCUT2D eigenvalue weighted by molar-refractivity contribution is 6.31. The Hall–Kier alpha value is -1.10. The summed E-state index contributed by atoms with van der Waals surface area (Å²) in [6.45, 7) is 0. The highest BCUT2D eigenvalue weighted by Crippen LogP contribution is 2.33. The Morgan fingerprint density at radius 3 is 2.62 bits per heavy atom. The number of aromatic nitrogens is 2. The number of nitrogens with zero attached hydrogens (tertiary/aromatic N) is 2. The third kappa shape index (κ3) is 3.57. The average molecular weight is 328 g/mol. The maximum atomic E-state index is 6.39. The van der Waals surface area contributed by atoms with Gasteiger partial charge in [-0.2, -0.15) is 4.98 Å². The highest BCUT2D eigenvalue weighted by Gasteiger charge is 2.35. The minimum Gasteiger partial charge on any atom is -0.337 e. The fourth-order valence-corrected chi connectivity index (χ4v) is 2.94. The van der Waals surface area contributed by atoms with Gasteiger partial charge in [-0.25, -0.2) is 0 Å². The van der Waals surface area contributed by atoms with Crippen LogP contribution in [-0.4, -0.2) is 10.1 Å². The molecule has 2 aromatic rings. The van der Waals surface area contributed by atoms with Gasteiger partial charge in [0.25, 0.3) is 0 Å². The van der Waals surface area contributed by atoms with Crippen molar-refractivity contribution in [3.05, 3.63) is 46.6 Å². The number of hydrogen-bond donors (Lipinski definition) is 1. The van der Waals surface area contributed by atoms with Crippen LogP contribution in [0, 0.1) is 0 Å². The van der Waals surface area contributed by atoms with Gasteiger partial charge in [0.2, 0.25) is 5.89 Å². The Morgan fingerprint density at radius 2 is 1.90 bits per heavy atom. The maximum absolute atomic E-state index is 6.39. The molecule has 1 aliphatic carbocycles. The van der Waals surface area contributed by atoms with Gasteiger partial charge in [-0.1, -0.05) is 54.2 Å². The Bertz CT molecular complexity index is 594. The van der Waals surface area contributed by atoms with Gasteiger partial charge in [-0.15, -0.1) is 12.4 Å². The third-order valence-corrected chi connectivity index (χ3v) is 4.31. The van der Waals surface area contributed by atoms with Gasteiger partial charge in [-0.3, -0.25) is 0 Å². The monoisotopic (exact) mass is 327 g/mol. The summed E-state index contributed by atoms with van der Waals surface area (Å²) in [4.78, 5) is 4.48. The summed E-state index contributed by atoms with van der Waals surface area (Å²) in [5, 5.41) is 4.77. The van der Waals surface area contributed by atoms with Crippen molar-refractivity contribution >= 4 is 24.0 Å². The van der Waals surface area contributed by atoms with E-state index in [9.17, 15) is 0 Å². The van der Waals surface area contributed by atoms with Crippen LogP contribution in [0.25, 0.3) is 0 Å². The zero-order valence-corrected chi connectivity index (χ0v) is 13.3. The van der Waals surface area contributed by atoms with E-state index in [2.05, 4.69) is 10.1 Å². The molecule has 1 saturated carbocycles. The summed E-state index contributed by atoms with van der Waals surface area (Å²) < 4.78 is 5.39. The Labute approximate surface area is 135 Å². The second-order valence-corrected chi connectivity index (χ2v) is 5.91. The van der Waals surface area contributed by atoms with Crippen molar-refractivity contribution in [1.29, 1.82) is 0 Å². The number of rotatable bonds is 3. The first-order valence-corrected chi connectivity index (χ1v) is 7.40. The first-order chi connectivity index (χ1) is 9.67. The van der Waals surface area contributed by atoms with Crippen LogP contribution in [0.15, 0.2) is 28.8 Å². The van der Waals surface area contributed by atoms with Crippen LogP contribution in [0.2, 0.25) is 5.02 Å². The molecule has 0 spiro atoms. The first kappa shape index (κ1) is 16.3. The highest BCUT2D eigenvalue weighted by atomic mass is 35.5. The quantitative estimate of drug-likeness (QED) is 0.929. The summed E-state index contributed by atoms with van der Waals surface area (Å²) in [5.41, 5.74) is 6.95. The van der Waals surface area contributed by atoms with Gasteiger partial charge >= 0.3 is 0 Å². The molecule has 114 valence electrons. The minimum absolute atomic E-state index is 0. The zero-order chi connectivity index (χ0) is 14.0. The molecule has 1 heterocycles.